The van der Waals surface area contributed by atoms with E-state index in [0.29, 0.717) is 48.1 Å². The van der Waals surface area contributed by atoms with Crippen LogP contribution in [0.15, 0.2) is 40.9 Å². The molecule has 2 N–H and O–H groups in total. The van der Waals surface area contributed by atoms with Crippen molar-refractivity contribution in [1.29, 1.82) is 5.26 Å². The summed E-state index contributed by atoms with van der Waals surface area (Å²) in [7, 11) is 0. The number of aromatic nitrogens is 2. The van der Waals surface area contributed by atoms with Crippen LogP contribution in [0.4, 0.5) is 0 Å². The summed E-state index contributed by atoms with van der Waals surface area (Å²) in [6, 6.07) is 13.6. The standard InChI is InChI=1S/C26H29N5O3/c1-17(2)33-23-8-7-21(15-22(23)16-28)26-29-25(30-34-26)20-6-5-18-9-12-31(13-10-19(18)14-20)24(32)4-3-11-27/h5-8,14-15,17H,3-4,9-13,27H2,1-2H3. The molecule has 0 fully saturated rings. The normalized spacial score (nSPS) is 13.3. The summed E-state index contributed by atoms with van der Waals surface area (Å²) in [6.45, 7) is 5.77. The van der Waals surface area contributed by atoms with Gasteiger partial charge in [-0.1, -0.05) is 17.3 Å². The number of nitrogens with two attached hydrogens (primary N) is 1. The van der Waals surface area contributed by atoms with Crippen LogP contribution in [0.25, 0.3) is 22.8 Å². The fourth-order valence-electron chi connectivity index (χ4n) is 4.09. The number of nitrogens with zero attached hydrogens (tertiary/aromatic N) is 4. The van der Waals surface area contributed by atoms with E-state index in [9.17, 15) is 10.1 Å². The lowest BCUT2D eigenvalue weighted by molar-refractivity contribution is -0.131. The first kappa shape index (κ1) is 23.5. The number of benzene rings is 2. The highest BCUT2D eigenvalue weighted by atomic mass is 16.5. The van der Waals surface area contributed by atoms with Crippen molar-refractivity contribution < 1.29 is 14.1 Å². The SMILES string of the molecule is CC(C)Oc1ccc(-c2nc(-c3ccc4c(c3)CCN(C(=O)CCCN)CC4)no2)cc1C#N. The summed E-state index contributed by atoms with van der Waals surface area (Å²) < 4.78 is 11.2. The minimum Gasteiger partial charge on any atom is -0.490 e. The van der Waals surface area contributed by atoms with Gasteiger partial charge >= 0.3 is 0 Å². The lowest BCUT2D eigenvalue weighted by atomic mass is 10.00. The van der Waals surface area contributed by atoms with Gasteiger partial charge in [0.2, 0.25) is 11.7 Å². The summed E-state index contributed by atoms with van der Waals surface area (Å²) in [4.78, 5) is 18.9. The van der Waals surface area contributed by atoms with Crippen LogP contribution in [-0.4, -0.2) is 46.7 Å². The predicted molar refractivity (Wildman–Crippen MR) is 128 cm³/mol. The third kappa shape index (κ3) is 5.26. The topological polar surface area (TPSA) is 118 Å². The highest BCUT2D eigenvalue weighted by Crippen LogP contribution is 2.29. The van der Waals surface area contributed by atoms with Crippen molar-refractivity contribution in [3.05, 3.63) is 53.1 Å². The van der Waals surface area contributed by atoms with Gasteiger partial charge in [-0.05, 0) is 75.0 Å². The monoisotopic (exact) mass is 459 g/mol. The van der Waals surface area contributed by atoms with E-state index in [4.69, 9.17) is 15.0 Å². The number of hydrogen-bond acceptors (Lipinski definition) is 7. The largest absolute Gasteiger partial charge is 0.490 e. The predicted octanol–water partition coefficient (Wildman–Crippen LogP) is 3.73. The molecule has 3 aromatic rings. The van der Waals surface area contributed by atoms with Gasteiger partial charge in [-0.2, -0.15) is 10.2 Å². The molecule has 0 atom stereocenters. The molecule has 1 aliphatic heterocycles. The second kappa shape index (κ2) is 10.5. The van der Waals surface area contributed by atoms with Crippen LogP contribution in [0.3, 0.4) is 0 Å². The number of rotatable bonds is 7. The highest BCUT2D eigenvalue weighted by molar-refractivity contribution is 5.76. The number of ether oxygens (including phenoxy) is 1. The summed E-state index contributed by atoms with van der Waals surface area (Å²) in [5.41, 5.74) is 9.91. The fourth-order valence-corrected chi connectivity index (χ4v) is 4.09. The average molecular weight is 460 g/mol. The van der Waals surface area contributed by atoms with Crippen molar-refractivity contribution in [2.24, 2.45) is 5.73 Å². The number of nitriles is 1. The summed E-state index contributed by atoms with van der Waals surface area (Å²) in [5.74, 6) is 1.53. The maximum absolute atomic E-state index is 12.4. The van der Waals surface area contributed by atoms with Gasteiger partial charge in [-0.3, -0.25) is 4.79 Å². The molecular formula is C26H29N5O3. The molecule has 1 amide bonds. The van der Waals surface area contributed by atoms with Gasteiger partial charge in [0.1, 0.15) is 11.8 Å². The number of hydrogen-bond donors (Lipinski definition) is 1. The van der Waals surface area contributed by atoms with E-state index < -0.39 is 0 Å². The van der Waals surface area contributed by atoms with E-state index in [1.807, 2.05) is 30.9 Å². The first-order valence-corrected chi connectivity index (χ1v) is 11.6. The van der Waals surface area contributed by atoms with Crippen molar-refractivity contribution >= 4 is 5.91 Å². The molecule has 0 bridgehead atoms. The molecule has 0 saturated heterocycles. The lowest BCUT2D eigenvalue weighted by Crippen LogP contribution is -2.33. The van der Waals surface area contributed by atoms with Crippen molar-refractivity contribution in [2.45, 2.75) is 45.6 Å². The van der Waals surface area contributed by atoms with E-state index >= 15 is 0 Å². The van der Waals surface area contributed by atoms with Crippen LogP contribution in [0.5, 0.6) is 5.75 Å². The number of fused-ring (bicyclic) bond motifs is 1. The molecule has 2 aromatic carbocycles. The molecule has 0 saturated carbocycles. The summed E-state index contributed by atoms with van der Waals surface area (Å²) in [6.07, 6.45) is 2.80. The molecule has 34 heavy (non-hydrogen) atoms. The molecule has 4 rings (SSSR count). The number of carbonyl (C=O) groups excluding carboxylic acids is 1. The van der Waals surface area contributed by atoms with E-state index in [1.165, 1.54) is 11.1 Å². The Morgan fingerprint density at radius 2 is 1.94 bits per heavy atom. The highest BCUT2D eigenvalue weighted by Gasteiger charge is 2.20. The first-order chi connectivity index (χ1) is 16.5. The van der Waals surface area contributed by atoms with E-state index in [0.717, 1.165) is 31.4 Å². The Kier molecular flexibility index (Phi) is 7.24. The van der Waals surface area contributed by atoms with Gasteiger partial charge in [0.15, 0.2) is 0 Å². The second-order valence-corrected chi connectivity index (χ2v) is 8.67. The summed E-state index contributed by atoms with van der Waals surface area (Å²) in [5, 5.41) is 13.7. The van der Waals surface area contributed by atoms with E-state index in [1.54, 1.807) is 12.1 Å². The molecule has 176 valence electrons. The fraction of sp³-hybridized carbons (Fsp3) is 0.385. The zero-order valence-electron chi connectivity index (χ0n) is 19.6. The Balaban J connectivity index is 1.52. The van der Waals surface area contributed by atoms with Gasteiger partial charge in [0.05, 0.1) is 11.7 Å². The molecule has 8 nitrogen and oxygen atoms in total. The van der Waals surface area contributed by atoms with Crippen molar-refractivity contribution in [3.63, 3.8) is 0 Å². The Morgan fingerprint density at radius 1 is 1.18 bits per heavy atom. The molecule has 0 unspecified atom stereocenters. The van der Waals surface area contributed by atoms with Crippen LogP contribution in [0.2, 0.25) is 0 Å². The smallest absolute Gasteiger partial charge is 0.258 e. The first-order valence-electron chi connectivity index (χ1n) is 11.6. The Bertz CT molecular complexity index is 1210. The minimum atomic E-state index is -0.0303. The van der Waals surface area contributed by atoms with Gasteiger partial charge < -0.3 is 19.9 Å². The molecule has 0 spiro atoms. The van der Waals surface area contributed by atoms with Gasteiger partial charge in [-0.15, -0.1) is 0 Å². The molecule has 8 heteroatoms. The maximum atomic E-state index is 12.4. The van der Waals surface area contributed by atoms with Gasteiger partial charge in [0, 0.05) is 30.6 Å². The van der Waals surface area contributed by atoms with Crippen molar-refractivity contribution in [2.75, 3.05) is 19.6 Å². The van der Waals surface area contributed by atoms with Crippen LogP contribution >= 0.6 is 0 Å². The zero-order chi connectivity index (χ0) is 24.1. The Labute approximate surface area is 199 Å². The number of carbonyl (C=O) groups is 1. The Hall–Kier alpha value is -3.70. The Morgan fingerprint density at radius 3 is 2.68 bits per heavy atom. The van der Waals surface area contributed by atoms with Crippen molar-refractivity contribution in [3.8, 4) is 34.7 Å². The molecule has 1 aliphatic rings. The van der Waals surface area contributed by atoms with Crippen LogP contribution in [0.1, 0.15) is 43.4 Å². The third-order valence-electron chi connectivity index (χ3n) is 5.85. The molecule has 2 heterocycles. The van der Waals surface area contributed by atoms with Crippen LogP contribution in [0, 0.1) is 11.3 Å². The quantitative estimate of drug-likeness (QED) is 0.572. The molecular weight excluding hydrogens is 430 g/mol. The third-order valence-corrected chi connectivity index (χ3v) is 5.85. The van der Waals surface area contributed by atoms with Crippen LogP contribution < -0.4 is 10.5 Å². The number of amides is 1. The van der Waals surface area contributed by atoms with Gasteiger partial charge in [0.25, 0.3) is 5.89 Å². The average Bonchev–Trinajstić information content (AvgIpc) is 3.23. The van der Waals surface area contributed by atoms with E-state index in [2.05, 4.69) is 28.3 Å². The summed E-state index contributed by atoms with van der Waals surface area (Å²) >= 11 is 0. The van der Waals surface area contributed by atoms with Gasteiger partial charge in [-0.25, -0.2) is 0 Å². The second-order valence-electron chi connectivity index (χ2n) is 8.67. The molecule has 0 aliphatic carbocycles. The minimum absolute atomic E-state index is 0.0303. The molecule has 1 aromatic heterocycles. The zero-order valence-corrected chi connectivity index (χ0v) is 19.6. The van der Waals surface area contributed by atoms with E-state index in [-0.39, 0.29) is 12.0 Å². The van der Waals surface area contributed by atoms with Crippen LogP contribution in [-0.2, 0) is 17.6 Å². The maximum Gasteiger partial charge on any atom is 0.258 e. The molecule has 0 radical (unpaired) electrons. The lowest BCUT2D eigenvalue weighted by Gasteiger charge is -2.20. The van der Waals surface area contributed by atoms with Crippen molar-refractivity contribution in [1.82, 2.24) is 15.0 Å².